The number of aromatic amines is 1. The Morgan fingerprint density at radius 2 is 2.53 bits per heavy atom. The minimum absolute atomic E-state index is 0.478. The average Bonchev–Trinajstić information content (AvgIpc) is 2.99. The maximum absolute atomic E-state index is 4.48. The predicted octanol–water partition coefficient (Wildman–Crippen LogP) is 3.12. The lowest BCUT2D eigenvalue weighted by Gasteiger charge is -2.22. The summed E-state index contributed by atoms with van der Waals surface area (Å²) in [7, 11) is 0. The molecule has 0 unspecified atom stereocenters. The van der Waals surface area contributed by atoms with Gasteiger partial charge in [0.15, 0.2) is 0 Å². The molecule has 0 aliphatic carbocycles. The summed E-state index contributed by atoms with van der Waals surface area (Å²) in [6.45, 7) is 4.31. The summed E-state index contributed by atoms with van der Waals surface area (Å²) in [5.41, 5.74) is 1.16. The van der Waals surface area contributed by atoms with E-state index in [-0.39, 0.29) is 0 Å². The molecule has 0 spiro atoms. The molecule has 1 fully saturated rings. The fourth-order valence-corrected chi connectivity index (χ4v) is 3.26. The van der Waals surface area contributed by atoms with Gasteiger partial charge in [0.25, 0.3) is 0 Å². The molecule has 4 heteroatoms. The van der Waals surface area contributed by atoms with E-state index in [2.05, 4.69) is 39.3 Å². The Morgan fingerprint density at radius 3 is 3.24 bits per heavy atom. The fraction of sp³-hybridized carbons (Fsp3) is 0.462. The van der Waals surface area contributed by atoms with Crippen molar-refractivity contribution in [3.63, 3.8) is 0 Å². The van der Waals surface area contributed by atoms with Crippen LogP contribution in [0.2, 0.25) is 0 Å². The first-order valence-electron chi connectivity index (χ1n) is 6.11. The smallest absolute Gasteiger partial charge is 0.123 e. The van der Waals surface area contributed by atoms with Crippen LogP contribution >= 0.6 is 11.3 Å². The molecule has 1 N–H and O–H groups in total. The van der Waals surface area contributed by atoms with Gasteiger partial charge in [-0.05, 0) is 37.8 Å². The van der Waals surface area contributed by atoms with Crippen LogP contribution in [-0.4, -0.2) is 21.4 Å². The van der Waals surface area contributed by atoms with Gasteiger partial charge in [0, 0.05) is 23.3 Å². The van der Waals surface area contributed by atoms with Crippen LogP contribution in [0.25, 0.3) is 0 Å². The maximum atomic E-state index is 4.48. The van der Waals surface area contributed by atoms with Crippen LogP contribution in [0.15, 0.2) is 23.7 Å². The lowest BCUT2D eigenvalue weighted by Crippen LogP contribution is -2.23. The summed E-state index contributed by atoms with van der Waals surface area (Å²) < 4.78 is 0. The Bertz CT molecular complexity index is 475. The van der Waals surface area contributed by atoms with Crippen molar-refractivity contribution in [2.24, 2.45) is 0 Å². The molecule has 2 aromatic heterocycles. The Balaban J connectivity index is 1.76. The normalized spacial score (nSPS) is 21.1. The Labute approximate surface area is 106 Å². The standard InChI is InChI=1S/C13H17N3S/c1-10-8-14-13(15-10)12-5-2-6-16(12)9-11-4-3-7-17-11/h3-4,7-8,12H,2,5-6,9H2,1H3,(H,14,15)/t12-/m0/s1. The molecule has 0 bridgehead atoms. The van der Waals surface area contributed by atoms with Crippen molar-refractivity contribution in [1.29, 1.82) is 0 Å². The zero-order chi connectivity index (χ0) is 11.7. The number of imidazole rings is 1. The van der Waals surface area contributed by atoms with Crippen molar-refractivity contribution >= 4 is 11.3 Å². The Kier molecular flexibility index (Phi) is 2.99. The molecule has 0 aromatic carbocycles. The van der Waals surface area contributed by atoms with Crippen molar-refractivity contribution in [3.05, 3.63) is 40.1 Å². The van der Waals surface area contributed by atoms with Gasteiger partial charge in [0.2, 0.25) is 0 Å². The van der Waals surface area contributed by atoms with Crippen molar-refractivity contribution in [2.45, 2.75) is 32.4 Å². The number of nitrogens with zero attached hydrogens (tertiary/aromatic N) is 2. The van der Waals surface area contributed by atoms with Crippen LogP contribution in [-0.2, 0) is 6.54 Å². The summed E-state index contributed by atoms with van der Waals surface area (Å²) in [6.07, 6.45) is 4.42. The quantitative estimate of drug-likeness (QED) is 0.903. The third kappa shape index (κ3) is 2.28. The molecule has 1 aliphatic heterocycles. The SMILES string of the molecule is Cc1cnc([C@@H]2CCCN2Cc2cccs2)[nH]1. The van der Waals surface area contributed by atoms with E-state index in [1.165, 1.54) is 24.3 Å². The van der Waals surface area contributed by atoms with Crippen LogP contribution in [0.4, 0.5) is 0 Å². The van der Waals surface area contributed by atoms with E-state index in [0.29, 0.717) is 6.04 Å². The second-order valence-corrected chi connectivity index (χ2v) is 5.69. The van der Waals surface area contributed by atoms with Crippen LogP contribution in [0.3, 0.4) is 0 Å². The van der Waals surface area contributed by atoms with E-state index in [1.807, 2.05) is 17.5 Å². The topological polar surface area (TPSA) is 31.9 Å². The van der Waals surface area contributed by atoms with Gasteiger partial charge in [-0.1, -0.05) is 6.07 Å². The van der Waals surface area contributed by atoms with Gasteiger partial charge in [0.05, 0.1) is 6.04 Å². The first-order chi connectivity index (χ1) is 8.33. The molecule has 17 heavy (non-hydrogen) atoms. The van der Waals surface area contributed by atoms with Gasteiger partial charge in [-0.2, -0.15) is 0 Å². The van der Waals surface area contributed by atoms with Gasteiger partial charge in [0.1, 0.15) is 5.82 Å². The summed E-state index contributed by atoms with van der Waals surface area (Å²) in [5.74, 6) is 1.14. The summed E-state index contributed by atoms with van der Waals surface area (Å²) in [4.78, 5) is 11.8. The minimum atomic E-state index is 0.478. The molecule has 2 aromatic rings. The molecule has 1 saturated heterocycles. The summed E-state index contributed by atoms with van der Waals surface area (Å²) in [6, 6.07) is 4.82. The highest BCUT2D eigenvalue weighted by molar-refractivity contribution is 7.09. The molecule has 0 saturated carbocycles. The largest absolute Gasteiger partial charge is 0.345 e. The zero-order valence-electron chi connectivity index (χ0n) is 10.0. The third-order valence-corrected chi connectivity index (χ3v) is 4.20. The van der Waals surface area contributed by atoms with Crippen LogP contribution < -0.4 is 0 Å². The monoisotopic (exact) mass is 247 g/mol. The molecule has 3 heterocycles. The van der Waals surface area contributed by atoms with Gasteiger partial charge in [-0.3, -0.25) is 4.90 Å². The number of aryl methyl sites for hydroxylation is 1. The lowest BCUT2D eigenvalue weighted by atomic mass is 10.2. The Hall–Kier alpha value is -1.13. The number of aromatic nitrogens is 2. The molecule has 90 valence electrons. The number of rotatable bonds is 3. The molecule has 3 nitrogen and oxygen atoms in total. The number of nitrogens with one attached hydrogen (secondary N) is 1. The van der Waals surface area contributed by atoms with E-state index in [4.69, 9.17) is 0 Å². The Morgan fingerprint density at radius 1 is 1.59 bits per heavy atom. The van der Waals surface area contributed by atoms with Gasteiger partial charge in [-0.25, -0.2) is 4.98 Å². The van der Waals surface area contributed by atoms with Gasteiger partial charge in [-0.15, -0.1) is 11.3 Å². The van der Waals surface area contributed by atoms with Gasteiger partial charge >= 0.3 is 0 Å². The van der Waals surface area contributed by atoms with Gasteiger partial charge < -0.3 is 4.98 Å². The number of likely N-dealkylation sites (tertiary alicyclic amines) is 1. The fourth-order valence-electron chi connectivity index (χ4n) is 2.53. The van der Waals surface area contributed by atoms with Crippen molar-refractivity contribution in [1.82, 2.24) is 14.9 Å². The highest BCUT2D eigenvalue weighted by Gasteiger charge is 2.28. The molecule has 1 atom stereocenters. The number of hydrogen-bond acceptors (Lipinski definition) is 3. The van der Waals surface area contributed by atoms with Crippen molar-refractivity contribution < 1.29 is 0 Å². The minimum Gasteiger partial charge on any atom is -0.345 e. The van der Waals surface area contributed by atoms with Crippen LogP contribution in [0, 0.1) is 6.92 Å². The predicted molar refractivity (Wildman–Crippen MR) is 70.0 cm³/mol. The lowest BCUT2D eigenvalue weighted by molar-refractivity contribution is 0.243. The van der Waals surface area contributed by atoms with E-state index in [1.54, 1.807) is 0 Å². The van der Waals surface area contributed by atoms with E-state index < -0.39 is 0 Å². The number of H-pyrrole nitrogens is 1. The highest BCUT2D eigenvalue weighted by Crippen LogP contribution is 2.32. The molecule has 3 rings (SSSR count). The number of thiophene rings is 1. The molecule has 1 aliphatic rings. The zero-order valence-corrected chi connectivity index (χ0v) is 10.8. The molecular formula is C13H17N3S. The van der Waals surface area contributed by atoms with E-state index in [9.17, 15) is 0 Å². The maximum Gasteiger partial charge on any atom is 0.123 e. The molecular weight excluding hydrogens is 230 g/mol. The third-order valence-electron chi connectivity index (χ3n) is 3.34. The van der Waals surface area contributed by atoms with Crippen molar-refractivity contribution in [3.8, 4) is 0 Å². The van der Waals surface area contributed by atoms with Crippen LogP contribution in [0.5, 0.6) is 0 Å². The second kappa shape index (κ2) is 4.63. The summed E-state index contributed by atoms with van der Waals surface area (Å²) >= 11 is 1.84. The first-order valence-corrected chi connectivity index (χ1v) is 6.99. The van der Waals surface area contributed by atoms with E-state index in [0.717, 1.165) is 18.1 Å². The average molecular weight is 247 g/mol. The molecule has 0 radical (unpaired) electrons. The van der Waals surface area contributed by atoms with Crippen LogP contribution in [0.1, 0.15) is 35.3 Å². The van der Waals surface area contributed by atoms with Crippen molar-refractivity contribution in [2.75, 3.05) is 6.54 Å². The first kappa shape index (κ1) is 11.0. The molecule has 0 amide bonds. The number of hydrogen-bond donors (Lipinski definition) is 1. The highest BCUT2D eigenvalue weighted by atomic mass is 32.1. The second-order valence-electron chi connectivity index (χ2n) is 4.66. The van der Waals surface area contributed by atoms with E-state index >= 15 is 0 Å². The summed E-state index contributed by atoms with van der Waals surface area (Å²) in [5, 5.41) is 2.15.